The van der Waals surface area contributed by atoms with Crippen molar-refractivity contribution in [3.05, 3.63) is 102 Å². The number of benzene rings is 2. The lowest BCUT2D eigenvalue weighted by molar-refractivity contribution is -0.128. The molecule has 0 saturated heterocycles. The van der Waals surface area contributed by atoms with Gasteiger partial charge in [0, 0.05) is 17.5 Å². The summed E-state index contributed by atoms with van der Waals surface area (Å²) in [6.07, 6.45) is 7.61. The molecule has 0 spiro atoms. The van der Waals surface area contributed by atoms with E-state index in [-0.39, 0.29) is 18.3 Å². The quantitative estimate of drug-likeness (QED) is 0.608. The first-order valence-corrected chi connectivity index (χ1v) is 11.2. The maximum Gasteiger partial charge on any atom is 0.414 e. The highest BCUT2D eigenvalue weighted by atomic mass is 16.6. The molecule has 4 heteroatoms. The Balaban J connectivity index is 1.84. The molecule has 2 heterocycles. The van der Waals surface area contributed by atoms with Gasteiger partial charge in [-0.15, -0.1) is 0 Å². The molecule has 0 N–H and O–H groups in total. The van der Waals surface area contributed by atoms with Crippen molar-refractivity contribution in [2.75, 3.05) is 6.61 Å². The highest BCUT2D eigenvalue weighted by molar-refractivity contribution is 6.15. The van der Waals surface area contributed by atoms with Crippen LogP contribution in [0.15, 0.2) is 90.7 Å². The summed E-state index contributed by atoms with van der Waals surface area (Å²) < 4.78 is 5.37. The van der Waals surface area contributed by atoms with Gasteiger partial charge in [-0.3, -0.25) is 9.69 Å². The van der Waals surface area contributed by atoms with Gasteiger partial charge in [-0.05, 0) is 43.0 Å². The highest BCUT2D eigenvalue weighted by Crippen LogP contribution is 2.67. The zero-order valence-corrected chi connectivity index (χ0v) is 18.6. The van der Waals surface area contributed by atoms with Crippen molar-refractivity contribution in [2.45, 2.75) is 32.2 Å². The summed E-state index contributed by atoms with van der Waals surface area (Å²) in [4.78, 5) is 28.7. The minimum atomic E-state index is -0.890. The van der Waals surface area contributed by atoms with Crippen LogP contribution in [0, 0.1) is 11.3 Å². The number of hydrogen-bond donors (Lipinski definition) is 0. The van der Waals surface area contributed by atoms with Gasteiger partial charge in [0.1, 0.15) is 0 Å². The standard InChI is InChI=1S/C28H27NO3/c1-4-32-26(31)29-18-17-22-15-16-23(29)27(3)25(30)19(2)24(20-11-7-5-8-12-20)28(22,27)21-13-9-6-10-14-21/h5-18,22-23H,4H2,1-3H3/t22-,23+,27+,28+/m1/s1. The van der Waals surface area contributed by atoms with Crippen molar-refractivity contribution in [3.8, 4) is 0 Å². The molecule has 2 bridgehead atoms. The van der Waals surface area contributed by atoms with Gasteiger partial charge < -0.3 is 4.74 Å². The predicted octanol–water partition coefficient (Wildman–Crippen LogP) is 5.53. The first-order chi connectivity index (χ1) is 15.5. The first-order valence-electron chi connectivity index (χ1n) is 11.2. The SMILES string of the molecule is CCOC(=O)N1C=C[C@H]2C=C[C@H]1[C@@]1(C)C(=O)C(C)=C(c3ccccc3)[C@]21c1ccccc1. The number of carbonyl (C=O) groups excluding carboxylic acids is 2. The fraction of sp³-hybridized carbons (Fsp3) is 0.286. The predicted molar refractivity (Wildman–Crippen MR) is 125 cm³/mol. The molecule has 2 aromatic carbocycles. The molecule has 6 rings (SSSR count). The van der Waals surface area contributed by atoms with E-state index in [0.717, 1.165) is 22.3 Å². The molecule has 0 fully saturated rings. The molecule has 2 aromatic rings. The van der Waals surface area contributed by atoms with Crippen LogP contribution in [0.4, 0.5) is 4.79 Å². The van der Waals surface area contributed by atoms with Crippen LogP contribution < -0.4 is 0 Å². The first kappa shape index (κ1) is 20.5. The summed E-state index contributed by atoms with van der Waals surface area (Å²) in [5.41, 5.74) is 2.41. The molecule has 162 valence electrons. The lowest BCUT2D eigenvalue weighted by Crippen LogP contribution is -2.60. The summed E-state index contributed by atoms with van der Waals surface area (Å²) in [6, 6.07) is 20.0. The fourth-order valence-electron chi connectivity index (χ4n) is 6.30. The third kappa shape index (κ3) is 2.44. The molecule has 0 unspecified atom stereocenters. The summed E-state index contributed by atoms with van der Waals surface area (Å²) in [5.74, 6) is -0.0141. The van der Waals surface area contributed by atoms with Crippen molar-refractivity contribution in [3.63, 3.8) is 0 Å². The van der Waals surface area contributed by atoms with Gasteiger partial charge >= 0.3 is 6.09 Å². The fourth-order valence-corrected chi connectivity index (χ4v) is 6.30. The molecule has 0 radical (unpaired) electrons. The van der Waals surface area contributed by atoms with Gasteiger partial charge in [-0.25, -0.2) is 4.79 Å². The number of nitrogens with zero attached hydrogens (tertiary/aromatic N) is 1. The second-order valence-corrected chi connectivity index (χ2v) is 8.87. The molecule has 2 aliphatic carbocycles. The zero-order chi connectivity index (χ0) is 22.5. The Kier molecular flexibility index (Phi) is 4.70. The van der Waals surface area contributed by atoms with E-state index in [9.17, 15) is 9.59 Å². The van der Waals surface area contributed by atoms with Gasteiger partial charge in [-0.2, -0.15) is 0 Å². The Labute approximate surface area is 188 Å². The topological polar surface area (TPSA) is 46.6 Å². The molecular formula is C28H27NO3. The van der Waals surface area contributed by atoms with Crippen LogP contribution >= 0.6 is 0 Å². The third-order valence-electron chi connectivity index (χ3n) is 7.52. The van der Waals surface area contributed by atoms with Crippen LogP contribution in [-0.2, 0) is 14.9 Å². The maximum absolute atomic E-state index is 14.2. The monoisotopic (exact) mass is 425 g/mol. The smallest absolute Gasteiger partial charge is 0.414 e. The largest absolute Gasteiger partial charge is 0.449 e. The van der Waals surface area contributed by atoms with Crippen LogP contribution in [0.2, 0.25) is 0 Å². The van der Waals surface area contributed by atoms with Crippen LogP contribution in [0.3, 0.4) is 0 Å². The van der Waals surface area contributed by atoms with Crippen LogP contribution in [0.5, 0.6) is 0 Å². The number of allylic oxidation sites excluding steroid dienone is 4. The number of fused-ring (bicyclic) bond motifs is 1. The molecular weight excluding hydrogens is 398 g/mol. The lowest BCUT2D eigenvalue weighted by atomic mass is 9.49. The van der Waals surface area contributed by atoms with E-state index >= 15 is 0 Å². The van der Waals surface area contributed by atoms with Crippen LogP contribution in [-0.4, -0.2) is 29.4 Å². The number of ketones is 1. The Hall–Kier alpha value is -3.40. The van der Waals surface area contributed by atoms with Gasteiger partial charge in [-0.1, -0.05) is 78.9 Å². The van der Waals surface area contributed by atoms with E-state index in [1.54, 1.807) is 11.8 Å². The number of Topliss-reactive ketones (excluding diaryl/α,β-unsaturated/α-hetero) is 1. The Morgan fingerprint density at radius 2 is 1.66 bits per heavy atom. The van der Waals surface area contributed by atoms with Gasteiger partial charge in [0.2, 0.25) is 0 Å². The van der Waals surface area contributed by atoms with Gasteiger partial charge in [0.05, 0.1) is 18.1 Å². The molecule has 0 saturated carbocycles. The summed E-state index contributed by atoms with van der Waals surface area (Å²) >= 11 is 0. The van der Waals surface area contributed by atoms with Crippen LogP contribution in [0.1, 0.15) is 31.9 Å². The minimum Gasteiger partial charge on any atom is -0.449 e. The van der Waals surface area contributed by atoms with E-state index in [1.165, 1.54) is 0 Å². The van der Waals surface area contributed by atoms with Gasteiger partial charge in [0.15, 0.2) is 5.78 Å². The Morgan fingerprint density at radius 1 is 1.00 bits per heavy atom. The zero-order valence-electron chi connectivity index (χ0n) is 18.6. The molecule has 2 aliphatic heterocycles. The summed E-state index contributed by atoms with van der Waals surface area (Å²) in [5, 5.41) is 0. The van der Waals surface area contributed by atoms with E-state index < -0.39 is 23.0 Å². The number of rotatable bonds is 3. The number of hydrogen-bond acceptors (Lipinski definition) is 3. The van der Waals surface area contributed by atoms with E-state index in [1.807, 2.05) is 62.5 Å². The summed E-state index contributed by atoms with van der Waals surface area (Å²) in [6.45, 7) is 6.04. The van der Waals surface area contributed by atoms with Crippen LogP contribution in [0.25, 0.3) is 5.57 Å². The Bertz CT molecular complexity index is 1160. The maximum atomic E-state index is 14.2. The molecule has 0 aromatic heterocycles. The Morgan fingerprint density at radius 3 is 2.31 bits per heavy atom. The summed E-state index contributed by atoms with van der Waals surface area (Å²) in [7, 11) is 0. The van der Waals surface area contributed by atoms with Crippen molar-refractivity contribution < 1.29 is 14.3 Å². The van der Waals surface area contributed by atoms with E-state index in [2.05, 4.69) is 36.4 Å². The van der Waals surface area contributed by atoms with Crippen molar-refractivity contribution in [1.82, 2.24) is 4.90 Å². The number of amides is 1. The van der Waals surface area contributed by atoms with E-state index in [0.29, 0.717) is 0 Å². The van der Waals surface area contributed by atoms with E-state index in [4.69, 9.17) is 4.74 Å². The highest BCUT2D eigenvalue weighted by Gasteiger charge is 2.69. The van der Waals surface area contributed by atoms with Crippen molar-refractivity contribution in [1.29, 1.82) is 0 Å². The second-order valence-electron chi connectivity index (χ2n) is 8.87. The normalized spacial score (nSPS) is 30.5. The number of ether oxygens (including phenoxy) is 1. The second kappa shape index (κ2) is 7.33. The van der Waals surface area contributed by atoms with Gasteiger partial charge in [0.25, 0.3) is 0 Å². The third-order valence-corrected chi connectivity index (χ3v) is 7.52. The molecule has 1 amide bonds. The average Bonchev–Trinajstić information content (AvgIpc) is 2.99. The average molecular weight is 426 g/mol. The van der Waals surface area contributed by atoms with Crippen molar-refractivity contribution >= 4 is 17.4 Å². The molecule has 32 heavy (non-hydrogen) atoms. The van der Waals surface area contributed by atoms with Crippen molar-refractivity contribution in [2.24, 2.45) is 11.3 Å². The number of carbonyl (C=O) groups is 2. The molecule has 4 atom stereocenters. The molecule has 4 nitrogen and oxygen atoms in total. The lowest BCUT2D eigenvalue weighted by Gasteiger charge is -2.53. The molecule has 4 aliphatic rings. The minimum absolute atomic E-state index is 0.0811.